The summed E-state index contributed by atoms with van der Waals surface area (Å²) < 4.78 is 29.3. The maximum atomic E-state index is 14.7. The van der Waals surface area contributed by atoms with E-state index < -0.39 is 34.6 Å². The van der Waals surface area contributed by atoms with Crippen LogP contribution in [0.4, 0.5) is 10.1 Å². The predicted octanol–water partition coefficient (Wildman–Crippen LogP) is 3.54. The molecule has 0 fully saturated rings. The van der Waals surface area contributed by atoms with Crippen molar-refractivity contribution in [3.8, 4) is 0 Å². The van der Waals surface area contributed by atoms with Crippen LogP contribution in [0.25, 0.3) is 0 Å². The molecule has 1 heterocycles. The highest BCUT2D eigenvalue weighted by atomic mass is 35.5. The lowest BCUT2D eigenvalue weighted by molar-refractivity contribution is -0.151. The molecular weight excluding hydrogens is 453 g/mol. The second-order valence-electron chi connectivity index (χ2n) is 6.58. The zero-order valence-electron chi connectivity index (χ0n) is 17.4. The van der Waals surface area contributed by atoms with Crippen LogP contribution in [0.3, 0.4) is 0 Å². The Bertz CT molecular complexity index is 912. The lowest BCUT2D eigenvalue weighted by Crippen LogP contribution is -2.38. The van der Waals surface area contributed by atoms with Gasteiger partial charge in [-0.3, -0.25) is 14.4 Å². The number of rotatable bonds is 8. The summed E-state index contributed by atoms with van der Waals surface area (Å²) in [6.07, 6.45) is 1.47. The smallest absolute Gasteiger partial charge is 0.336 e. The van der Waals surface area contributed by atoms with Gasteiger partial charge in [-0.15, -0.1) is 11.3 Å². The highest BCUT2D eigenvalue weighted by Gasteiger charge is 2.35. The second kappa shape index (κ2) is 11.4. The monoisotopic (exact) mass is 475 g/mol. The van der Waals surface area contributed by atoms with Crippen LogP contribution >= 0.6 is 22.9 Å². The molecule has 0 atom stereocenters. The van der Waals surface area contributed by atoms with Gasteiger partial charge in [0, 0.05) is 29.6 Å². The molecule has 1 aliphatic carbocycles. The van der Waals surface area contributed by atoms with Crippen LogP contribution in [0.1, 0.15) is 44.4 Å². The number of esters is 2. The third kappa shape index (κ3) is 5.90. The molecule has 0 aliphatic heterocycles. The predicted molar refractivity (Wildman–Crippen MR) is 111 cm³/mol. The second-order valence-corrected chi connectivity index (χ2v) is 8.01. The molecule has 1 aliphatic rings. The van der Waals surface area contributed by atoms with Crippen molar-refractivity contribution in [3.05, 3.63) is 26.2 Å². The van der Waals surface area contributed by atoms with Crippen molar-refractivity contribution in [2.24, 2.45) is 0 Å². The number of thiophene rings is 1. The van der Waals surface area contributed by atoms with Crippen LogP contribution in [-0.4, -0.2) is 44.3 Å². The van der Waals surface area contributed by atoms with Gasteiger partial charge in [-0.25, -0.2) is 9.69 Å². The number of nitrogens with zero attached hydrogens (tertiary/aromatic N) is 1. The van der Waals surface area contributed by atoms with Crippen molar-refractivity contribution < 1.29 is 37.8 Å². The van der Waals surface area contributed by atoms with Crippen LogP contribution in [0.15, 0.2) is 11.1 Å². The van der Waals surface area contributed by atoms with E-state index in [0.717, 1.165) is 6.92 Å². The summed E-state index contributed by atoms with van der Waals surface area (Å²) in [6, 6.07) is 0. The molecule has 0 unspecified atom stereocenters. The number of carbonyl (C=O) groups excluding carboxylic acids is 4. The van der Waals surface area contributed by atoms with Crippen molar-refractivity contribution in [3.63, 3.8) is 0 Å². The van der Waals surface area contributed by atoms with E-state index in [-0.39, 0.29) is 47.1 Å². The molecule has 2 rings (SSSR count). The highest BCUT2D eigenvalue weighted by Crippen LogP contribution is 2.41. The summed E-state index contributed by atoms with van der Waals surface area (Å²) in [5.41, 5.74) is -0.244. The molecular formula is C20H23ClFNO7S. The summed E-state index contributed by atoms with van der Waals surface area (Å²) in [7, 11) is 1.17. The number of ether oxygens (including phenoxy) is 3. The Morgan fingerprint density at radius 1 is 1.16 bits per heavy atom. The summed E-state index contributed by atoms with van der Waals surface area (Å²) >= 11 is 6.77. The lowest BCUT2D eigenvalue weighted by Gasteiger charge is -2.24. The number of hydrogen-bond donors (Lipinski definition) is 0. The Hall–Kier alpha value is -2.30. The molecule has 2 amide bonds. The third-order valence-electron chi connectivity index (χ3n) is 4.58. The minimum Gasteiger partial charge on any atom is -0.469 e. The van der Waals surface area contributed by atoms with Crippen molar-refractivity contribution in [1.82, 2.24) is 0 Å². The van der Waals surface area contributed by atoms with Crippen LogP contribution < -0.4 is 4.90 Å². The summed E-state index contributed by atoms with van der Waals surface area (Å²) in [5.74, 6) is -3.00. The van der Waals surface area contributed by atoms with Gasteiger partial charge in [0.2, 0.25) is 11.0 Å². The zero-order chi connectivity index (χ0) is 23.1. The molecule has 0 radical (unpaired) electrons. The molecule has 0 spiro atoms. The van der Waals surface area contributed by atoms with Crippen molar-refractivity contribution in [2.75, 3.05) is 25.4 Å². The molecule has 0 saturated carbocycles. The van der Waals surface area contributed by atoms with Gasteiger partial charge in [0.15, 0.2) is 6.79 Å². The van der Waals surface area contributed by atoms with Crippen LogP contribution in [0.2, 0.25) is 5.02 Å². The fourth-order valence-corrected chi connectivity index (χ4v) is 4.38. The first-order chi connectivity index (χ1) is 14.7. The highest BCUT2D eigenvalue weighted by molar-refractivity contribution is 7.11. The molecule has 0 N–H and O–H groups in total. The number of methoxy groups -OCH3 is 1. The van der Waals surface area contributed by atoms with Crippen molar-refractivity contribution >= 4 is 52.4 Å². The fraction of sp³-hybridized carbons (Fsp3) is 0.500. The molecule has 1 aromatic rings. The minimum absolute atomic E-state index is 0.0686. The molecule has 1 aromatic heterocycles. The maximum absolute atomic E-state index is 14.7. The molecule has 8 nitrogen and oxygen atoms in total. The van der Waals surface area contributed by atoms with Gasteiger partial charge in [-0.2, -0.15) is 4.39 Å². The minimum atomic E-state index is -0.899. The number of halogens is 2. The van der Waals surface area contributed by atoms with E-state index in [0.29, 0.717) is 35.7 Å². The number of anilines is 1. The average molecular weight is 476 g/mol. The summed E-state index contributed by atoms with van der Waals surface area (Å²) in [4.78, 5) is 50.3. The van der Waals surface area contributed by atoms with E-state index in [1.54, 1.807) is 6.92 Å². The zero-order valence-corrected chi connectivity index (χ0v) is 19.0. The Balaban J connectivity index is 2.44. The van der Waals surface area contributed by atoms with Crippen LogP contribution in [-0.2, 0) is 39.8 Å². The number of carbonyl (C=O) groups is 4. The summed E-state index contributed by atoms with van der Waals surface area (Å²) in [6.45, 7) is 2.90. The summed E-state index contributed by atoms with van der Waals surface area (Å²) in [5, 5.41) is -1.13. The van der Waals surface area contributed by atoms with Gasteiger partial charge in [0.05, 0.1) is 18.6 Å². The lowest BCUT2D eigenvalue weighted by atomic mass is 9.90. The normalized spacial score (nSPS) is 13.7. The number of amides is 2. The molecule has 0 bridgehead atoms. The molecule has 0 saturated heterocycles. The van der Waals surface area contributed by atoms with Gasteiger partial charge in [-0.1, -0.05) is 11.6 Å². The molecule has 170 valence electrons. The Labute approximate surface area is 187 Å². The van der Waals surface area contributed by atoms with E-state index in [1.807, 2.05) is 0 Å². The fourth-order valence-electron chi connectivity index (χ4n) is 3.09. The number of imide groups is 1. The molecule has 0 aromatic carbocycles. The first-order valence-electron chi connectivity index (χ1n) is 9.58. The maximum Gasteiger partial charge on any atom is 0.336 e. The third-order valence-corrected chi connectivity index (χ3v) is 6.06. The quantitative estimate of drug-likeness (QED) is 0.322. The Morgan fingerprint density at radius 3 is 2.39 bits per heavy atom. The Kier molecular flexibility index (Phi) is 9.15. The molecule has 31 heavy (non-hydrogen) atoms. The van der Waals surface area contributed by atoms with Gasteiger partial charge < -0.3 is 14.2 Å². The van der Waals surface area contributed by atoms with E-state index in [4.69, 9.17) is 21.1 Å². The van der Waals surface area contributed by atoms with Gasteiger partial charge in [-0.05, 0) is 32.6 Å². The van der Waals surface area contributed by atoms with Gasteiger partial charge in [0.25, 0.3) is 5.91 Å². The topological polar surface area (TPSA) is 99.2 Å². The SMILES string of the molecule is CCOCOC(=O)C1=C(C(=O)N(C(C)=O)c2c(F)sc(CC(=O)OC)c2Cl)CCCC1. The average Bonchev–Trinajstić information content (AvgIpc) is 3.01. The first-order valence-corrected chi connectivity index (χ1v) is 10.8. The van der Waals surface area contributed by atoms with E-state index >= 15 is 0 Å². The van der Waals surface area contributed by atoms with Gasteiger partial charge >= 0.3 is 11.9 Å². The largest absolute Gasteiger partial charge is 0.469 e. The first kappa shape index (κ1) is 25.0. The van der Waals surface area contributed by atoms with E-state index in [9.17, 15) is 23.6 Å². The van der Waals surface area contributed by atoms with Crippen LogP contribution in [0, 0.1) is 5.13 Å². The molecule has 11 heteroatoms. The Morgan fingerprint density at radius 2 is 1.81 bits per heavy atom. The van der Waals surface area contributed by atoms with Crippen molar-refractivity contribution in [2.45, 2.75) is 46.0 Å². The van der Waals surface area contributed by atoms with E-state index in [1.165, 1.54) is 7.11 Å². The van der Waals surface area contributed by atoms with Gasteiger partial charge in [0.1, 0.15) is 5.69 Å². The standard InChI is InChI=1S/C20H23ClFNO7S/c1-4-29-10-30-20(27)13-8-6-5-7-12(13)19(26)23(11(2)24)17-16(21)14(31-18(17)22)9-15(25)28-3/h4-10H2,1-3H3. The van der Waals surface area contributed by atoms with Crippen LogP contribution in [0.5, 0.6) is 0 Å². The number of hydrogen-bond acceptors (Lipinski definition) is 8. The van der Waals surface area contributed by atoms with E-state index in [2.05, 4.69) is 4.74 Å². The van der Waals surface area contributed by atoms with Crippen molar-refractivity contribution in [1.29, 1.82) is 0 Å².